The fraction of sp³-hybridized carbons (Fsp3) is 0.300. The van der Waals surface area contributed by atoms with Crippen molar-refractivity contribution < 1.29 is 8.42 Å². The minimum Gasteiger partial charge on any atom is -0.338 e. The summed E-state index contributed by atoms with van der Waals surface area (Å²) in [6.07, 6.45) is 1.57. The lowest BCUT2D eigenvalue weighted by atomic mass is 9.98. The van der Waals surface area contributed by atoms with Gasteiger partial charge in [0.05, 0.1) is 36.7 Å². The van der Waals surface area contributed by atoms with E-state index in [1.807, 2.05) is 89.8 Å². The van der Waals surface area contributed by atoms with Gasteiger partial charge in [0.1, 0.15) is 23.1 Å². The molecule has 0 radical (unpaired) electrons. The van der Waals surface area contributed by atoms with E-state index < -0.39 is 10.0 Å². The van der Waals surface area contributed by atoms with Crippen LogP contribution in [0.2, 0.25) is 0 Å². The Balaban J connectivity index is 1.37. The highest BCUT2D eigenvalue weighted by atomic mass is 32.2. The third-order valence-corrected chi connectivity index (χ3v) is 15.8. The lowest BCUT2D eigenvalue weighted by Crippen LogP contribution is -2.27. The molecule has 2 N–H and O–H groups in total. The molecular weight excluding hydrogens is 883 g/mol. The summed E-state index contributed by atoms with van der Waals surface area (Å²) in [6, 6.07) is 20.5. The topological polar surface area (TPSA) is 166 Å². The third-order valence-electron chi connectivity index (χ3n) is 12.0. The van der Waals surface area contributed by atoms with Crippen LogP contribution >= 0.6 is 22.7 Å². The molecule has 0 spiro atoms. The zero-order valence-electron chi connectivity index (χ0n) is 39.4. The summed E-state index contributed by atoms with van der Waals surface area (Å²) >= 11 is 2.97. The molecule has 0 saturated carbocycles. The van der Waals surface area contributed by atoms with E-state index >= 15 is 0 Å². The lowest BCUT2D eigenvalue weighted by Gasteiger charge is -2.28. The summed E-state index contributed by atoms with van der Waals surface area (Å²) in [5, 5.41) is 29.7. The fourth-order valence-corrected chi connectivity index (χ4v) is 12.1. The zero-order chi connectivity index (χ0) is 47.4. The molecule has 13 nitrogen and oxygen atoms in total. The Morgan fingerprint density at radius 2 is 1.41 bits per heavy atom. The maximum atomic E-state index is 14.1. The number of benzene rings is 4. The normalized spacial score (nSPS) is 11.9. The van der Waals surface area contributed by atoms with Gasteiger partial charge in [0.2, 0.25) is 15.2 Å². The number of sulfonamides is 1. The van der Waals surface area contributed by atoms with Gasteiger partial charge < -0.3 is 5.32 Å². The van der Waals surface area contributed by atoms with E-state index in [1.165, 1.54) is 28.2 Å². The van der Waals surface area contributed by atoms with Crippen molar-refractivity contribution in [1.29, 1.82) is 5.26 Å². The highest BCUT2D eigenvalue weighted by Crippen LogP contribution is 2.47. The first-order valence-corrected chi connectivity index (χ1v) is 24.9. The van der Waals surface area contributed by atoms with Crippen LogP contribution in [0.1, 0.15) is 86.7 Å². The molecule has 0 bridgehead atoms. The molecule has 338 valence electrons. The second kappa shape index (κ2) is 18.1. The Morgan fingerprint density at radius 1 is 0.742 bits per heavy atom. The number of hydrogen-bond acceptors (Lipinski definition) is 13. The van der Waals surface area contributed by atoms with Crippen LogP contribution in [0.3, 0.4) is 0 Å². The van der Waals surface area contributed by atoms with Crippen molar-refractivity contribution >= 4 is 92.8 Å². The van der Waals surface area contributed by atoms with Gasteiger partial charge in [0, 0.05) is 12.2 Å². The number of pyridine rings is 1. The second-order valence-corrected chi connectivity index (χ2v) is 20.8. The smallest absolute Gasteiger partial charge is 0.241 e. The van der Waals surface area contributed by atoms with Gasteiger partial charge in [0.25, 0.3) is 0 Å². The molecule has 0 fully saturated rings. The summed E-state index contributed by atoms with van der Waals surface area (Å²) in [4.78, 5) is 17.6. The Labute approximate surface area is 394 Å². The van der Waals surface area contributed by atoms with E-state index in [9.17, 15) is 13.7 Å². The number of anilines is 5. The largest absolute Gasteiger partial charge is 0.338 e. The molecule has 16 heteroatoms. The molecule has 0 saturated heterocycles. The first kappa shape index (κ1) is 46.2. The number of azo groups is 1. The van der Waals surface area contributed by atoms with Gasteiger partial charge >= 0.3 is 0 Å². The number of thiazole rings is 2. The van der Waals surface area contributed by atoms with Crippen LogP contribution < -0.4 is 14.9 Å². The van der Waals surface area contributed by atoms with Crippen molar-refractivity contribution in [3.63, 3.8) is 0 Å². The molecule has 0 atom stereocenters. The van der Waals surface area contributed by atoms with Gasteiger partial charge in [-0.25, -0.2) is 28.1 Å². The first-order chi connectivity index (χ1) is 31.4. The summed E-state index contributed by atoms with van der Waals surface area (Å²) < 4.78 is 34.7. The Hall–Kier alpha value is -6.38. The number of fused-ring (bicyclic) bond motifs is 2. The number of hydrogen-bond donors (Lipinski definition) is 2. The molecule has 0 amide bonds. The number of nitrogens with zero attached hydrogens (tertiary/aromatic N) is 9. The van der Waals surface area contributed by atoms with Gasteiger partial charge in [-0.3, -0.25) is 4.90 Å². The van der Waals surface area contributed by atoms with E-state index in [4.69, 9.17) is 30.3 Å². The quantitative estimate of drug-likeness (QED) is 0.0845. The van der Waals surface area contributed by atoms with E-state index in [2.05, 4.69) is 62.0 Å². The number of aryl methyl sites for hydroxylation is 8. The monoisotopic (exact) mass is 935 g/mol. The average Bonchev–Trinajstić information content (AvgIpc) is 3.96. The van der Waals surface area contributed by atoms with E-state index in [1.54, 1.807) is 11.6 Å². The van der Waals surface area contributed by atoms with Gasteiger partial charge in [-0.15, -0.1) is 10.2 Å². The highest BCUT2D eigenvalue weighted by molar-refractivity contribution is 7.89. The van der Waals surface area contributed by atoms with Crippen molar-refractivity contribution in [2.75, 3.05) is 16.8 Å². The molecule has 0 aliphatic heterocycles. The Bertz CT molecular complexity index is 3430. The minimum atomic E-state index is -3.90. The van der Waals surface area contributed by atoms with Gasteiger partial charge in [-0.1, -0.05) is 60.3 Å². The number of nitriles is 1. The molecule has 0 unspecified atom stereocenters. The first-order valence-electron chi connectivity index (χ1n) is 21.8. The predicted octanol–water partition coefficient (Wildman–Crippen LogP) is 13.5. The number of unbranched alkanes of at least 4 members (excludes halogenated alkanes) is 1. The molecule has 0 aliphatic carbocycles. The fourth-order valence-electron chi connectivity index (χ4n) is 8.44. The van der Waals surface area contributed by atoms with Crippen LogP contribution in [-0.4, -0.2) is 39.7 Å². The van der Waals surface area contributed by atoms with Gasteiger partial charge in [-0.2, -0.15) is 15.0 Å². The van der Waals surface area contributed by atoms with E-state index in [0.29, 0.717) is 62.2 Å². The number of nitrogens with one attached hydrogen (secondary N) is 2. The third kappa shape index (κ3) is 8.59. The predicted molar refractivity (Wildman–Crippen MR) is 270 cm³/mol. The van der Waals surface area contributed by atoms with E-state index in [-0.39, 0.29) is 16.3 Å². The van der Waals surface area contributed by atoms with Gasteiger partial charge in [0.15, 0.2) is 16.8 Å². The van der Waals surface area contributed by atoms with Crippen molar-refractivity contribution in [3.05, 3.63) is 121 Å². The Morgan fingerprint density at radius 3 is 2.09 bits per heavy atom. The van der Waals surface area contributed by atoms with Crippen molar-refractivity contribution in [3.8, 4) is 11.2 Å². The molecule has 4 aromatic carbocycles. The van der Waals surface area contributed by atoms with E-state index in [0.717, 1.165) is 72.3 Å². The molecule has 4 aromatic heterocycles. The molecule has 8 aromatic rings. The molecular formula is C50H53N11O2S3. The molecule has 66 heavy (non-hydrogen) atoms. The summed E-state index contributed by atoms with van der Waals surface area (Å²) in [7, 11) is -3.90. The maximum Gasteiger partial charge on any atom is 0.241 e. The van der Waals surface area contributed by atoms with Crippen LogP contribution in [0.5, 0.6) is 0 Å². The van der Waals surface area contributed by atoms with Crippen LogP contribution in [0.15, 0.2) is 69.7 Å². The zero-order valence-corrected chi connectivity index (χ0v) is 41.8. The van der Waals surface area contributed by atoms with Crippen LogP contribution in [0, 0.1) is 87.5 Å². The highest BCUT2D eigenvalue weighted by Gasteiger charge is 2.30. The average molecular weight is 936 g/mol. The minimum absolute atomic E-state index is 0.228. The summed E-state index contributed by atoms with van der Waals surface area (Å²) in [6.45, 7) is 24.2. The second-order valence-electron chi connectivity index (χ2n) is 17.1. The number of aromatic nitrogens is 5. The maximum absolute atomic E-state index is 14.1. The van der Waals surface area contributed by atoms with Crippen LogP contribution in [0.25, 0.3) is 25.6 Å². The van der Waals surface area contributed by atoms with Crippen LogP contribution in [0.4, 0.5) is 39.6 Å². The summed E-state index contributed by atoms with van der Waals surface area (Å²) in [5.41, 5.74) is 13.8. The molecule has 4 heterocycles. The SMILES string of the molecule is CCCCNS(=O)(=O)c1c(C)cc(C)c(N(c2cc(C)c(N=Nc3c(C#N)c(C)nn3-c3nc4ccc(C)cc4s3)c(Nc3c(C)cc(C)c(C)c3C)n2)c2nc3ccc(C)cc3s2)c1C. The van der Waals surface area contributed by atoms with Crippen LogP contribution in [-0.2, 0) is 10.0 Å². The lowest BCUT2D eigenvalue weighted by molar-refractivity contribution is 0.577. The van der Waals surface area contributed by atoms with Gasteiger partial charge in [-0.05, 0) is 169 Å². The Kier molecular flexibility index (Phi) is 12.7. The summed E-state index contributed by atoms with van der Waals surface area (Å²) in [5.74, 6) is 1.14. The standard InChI is InChI=1S/C50H53N11O2S3/c1-13-14-19-52-66(62,63)46-32(8)23-31(7)45(35(46)11)60(49-53-38-17-15-26(2)20-40(38)64-49)42-24-30(6)44(47(55-42)56-43-29(5)22-28(4)33(9)34(43)10)57-58-48-37(25-51)36(12)59-61(48)50-54-39-18-16-27(3)21-41(39)65-50/h15-18,20-24,52H,13-14,19H2,1-12H3,(H,55,56). The van der Waals surface area contributed by atoms with Crippen molar-refractivity contribution in [1.82, 2.24) is 29.5 Å². The number of rotatable bonds is 13. The molecule has 0 aliphatic rings. The van der Waals surface area contributed by atoms with Crippen molar-refractivity contribution in [2.45, 2.75) is 101 Å². The van der Waals surface area contributed by atoms with Crippen molar-refractivity contribution in [2.24, 2.45) is 10.2 Å². The molecule has 8 rings (SSSR count).